The van der Waals surface area contributed by atoms with E-state index in [-0.39, 0.29) is 31.0 Å². The second-order valence-electron chi connectivity index (χ2n) is 5.46. The molecule has 0 radical (unpaired) electrons. The molecule has 0 saturated heterocycles. The van der Waals surface area contributed by atoms with Gasteiger partial charge in [-0.3, -0.25) is 9.59 Å². The summed E-state index contributed by atoms with van der Waals surface area (Å²) in [6.45, 7) is 0. The first-order valence-corrected chi connectivity index (χ1v) is 8.81. The Morgan fingerprint density at radius 1 is 1.26 bits per heavy atom. The van der Waals surface area contributed by atoms with Crippen LogP contribution in [0.3, 0.4) is 0 Å². The van der Waals surface area contributed by atoms with Gasteiger partial charge in [0.05, 0.1) is 19.2 Å². The average Bonchev–Trinajstić information content (AvgIpc) is 3.30. The van der Waals surface area contributed by atoms with Crippen LogP contribution >= 0.6 is 11.3 Å². The Hall–Kier alpha value is -3.14. The van der Waals surface area contributed by atoms with Crippen molar-refractivity contribution >= 4 is 28.3 Å². The van der Waals surface area contributed by atoms with Gasteiger partial charge < -0.3 is 14.6 Å². The molecule has 0 aliphatic carbocycles. The number of ether oxygens (including phenoxy) is 1. The SMILES string of the molecule is COC(=O)Cc1csc(NC(=O)CCc2nc(-c3ccc(F)cc3)no2)n1. The fraction of sp³-hybridized carbons (Fsp3) is 0.235. The van der Waals surface area contributed by atoms with Crippen molar-refractivity contribution in [2.24, 2.45) is 0 Å². The number of methoxy groups -OCH3 is 1. The number of carbonyl (C=O) groups excluding carboxylic acids is 2. The molecule has 3 rings (SSSR count). The van der Waals surface area contributed by atoms with Crippen molar-refractivity contribution in [2.45, 2.75) is 19.3 Å². The predicted octanol–water partition coefficient (Wildman–Crippen LogP) is 2.62. The Labute approximate surface area is 157 Å². The lowest BCUT2D eigenvalue weighted by Gasteiger charge is -1.99. The van der Waals surface area contributed by atoms with E-state index < -0.39 is 5.97 Å². The van der Waals surface area contributed by atoms with Gasteiger partial charge in [-0.1, -0.05) is 5.16 Å². The molecule has 0 aliphatic rings. The Morgan fingerprint density at radius 3 is 2.78 bits per heavy atom. The summed E-state index contributed by atoms with van der Waals surface area (Å²) in [7, 11) is 1.30. The molecule has 2 aromatic heterocycles. The van der Waals surface area contributed by atoms with Gasteiger partial charge >= 0.3 is 5.97 Å². The van der Waals surface area contributed by atoms with Gasteiger partial charge in [0.25, 0.3) is 0 Å². The number of aryl methyl sites for hydroxylation is 1. The molecule has 2 heterocycles. The first-order valence-electron chi connectivity index (χ1n) is 7.93. The van der Waals surface area contributed by atoms with E-state index >= 15 is 0 Å². The highest BCUT2D eigenvalue weighted by Gasteiger charge is 2.13. The van der Waals surface area contributed by atoms with E-state index in [0.717, 1.165) is 0 Å². The topological polar surface area (TPSA) is 107 Å². The van der Waals surface area contributed by atoms with E-state index in [1.165, 1.54) is 30.6 Å². The van der Waals surface area contributed by atoms with Crippen LogP contribution < -0.4 is 5.32 Å². The molecule has 3 aromatic rings. The number of rotatable bonds is 7. The molecular formula is C17H15FN4O4S. The maximum Gasteiger partial charge on any atom is 0.311 e. The van der Waals surface area contributed by atoms with Crippen LogP contribution in [0, 0.1) is 5.82 Å². The van der Waals surface area contributed by atoms with E-state index in [1.807, 2.05) is 0 Å². The van der Waals surface area contributed by atoms with Crippen LogP contribution in [0.5, 0.6) is 0 Å². The number of esters is 1. The van der Waals surface area contributed by atoms with Crippen LogP contribution in [0.4, 0.5) is 9.52 Å². The zero-order chi connectivity index (χ0) is 19.2. The molecule has 0 fully saturated rings. The zero-order valence-corrected chi connectivity index (χ0v) is 15.1. The van der Waals surface area contributed by atoms with Gasteiger partial charge in [-0.05, 0) is 24.3 Å². The van der Waals surface area contributed by atoms with Gasteiger partial charge in [-0.25, -0.2) is 9.37 Å². The smallest absolute Gasteiger partial charge is 0.311 e. The molecule has 0 unspecified atom stereocenters. The molecule has 1 amide bonds. The molecule has 8 nitrogen and oxygen atoms in total. The Bertz CT molecular complexity index is 939. The normalized spacial score (nSPS) is 10.6. The Morgan fingerprint density at radius 2 is 2.04 bits per heavy atom. The Kier molecular flexibility index (Phi) is 5.87. The number of nitrogens with zero attached hydrogens (tertiary/aromatic N) is 3. The van der Waals surface area contributed by atoms with Crippen molar-refractivity contribution < 1.29 is 23.2 Å². The first-order chi connectivity index (χ1) is 13.0. The number of benzene rings is 1. The van der Waals surface area contributed by atoms with Crippen LogP contribution in [0.2, 0.25) is 0 Å². The van der Waals surface area contributed by atoms with Crippen molar-refractivity contribution in [3.8, 4) is 11.4 Å². The lowest BCUT2D eigenvalue weighted by molar-refractivity contribution is -0.139. The summed E-state index contributed by atoms with van der Waals surface area (Å²) in [4.78, 5) is 31.6. The molecule has 0 atom stereocenters. The first kappa shape index (κ1) is 18.6. The number of anilines is 1. The third-order valence-corrected chi connectivity index (χ3v) is 4.29. The number of hydrogen-bond donors (Lipinski definition) is 1. The number of amides is 1. The van der Waals surface area contributed by atoms with E-state index in [1.54, 1.807) is 17.5 Å². The number of carbonyl (C=O) groups is 2. The largest absolute Gasteiger partial charge is 0.469 e. The molecular weight excluding hydrogens is 375 g/mol. The van der Waals surface area contributed by atoms with Gasteiger partial charge in [0.15, 0.2) is 5.13 Å². The summed E-state index contributed by atoms with van der Waals surface area (Å²) in [5.41, 5.74) is 1.15. The van der Waals surface area contributed by atoms with E-state index in [9.17, 15) is 14.0 Å². The van der Waals surface area contributed by atoms with Crippen molar-refractivity contribution in [3.63, 3.8) is 0 Å². The van der Waals surface area contributed by atoms with Crippen LogP contribution in [-0.2, 0) is 27.2 Å². The average molecular weight is 390 g/mol. The van der Waals surface area contributed by atoms with Gasteiger partial charge in [0.1, 0.15) is 5.82 Å². The highest BCUT2D eigenvalue weighted by atomic mass is 32.1. The number of aromatic nitrogens is 3. The summed E-state index contributed by atoms with van der Waals surface area (Å²) < 4.78 is 22.6. The summed E-state index contributed by atoms with van der Waals surface area (Å²) >= 11 is 1.22. The predicted molar refractivity (Wildman–Crippen MR) is 94.5 cm³/mol. The lowest BCUT2D eigenvalue weighted by Crippen LogP contribution is -2.12. The van der Waals surface area contributed by atoms with Crippen molar-refractivity contribution in [3.05, 3.63) is 47.0 Å². The molecule has 10 heteroatoms. The van der Waals surface area contributed by atoms with E-state index in [4.69, 9.17) is 4.52 Å². The Balaban J connectivity index is 1.51. The molecule has 0 spiro atoms. The second-order valence-corrected chi connectivity index (χ2v) is 6.32. The van der Waals surface area contributed by atoms with Crippen molar-refractivity contribution in [1.29, 1.82) is 0 Å². The quantitative estimate of drug-likeness (QED) is 0.618. The summed E-state index contributed by atoms with van der Waals surface area (Å²) in [6, 6.07) is 5.71. The van der Waals surface area contributed by atoms with Crippen LogP contribution in [-0.4, -0.2) is 34.1 Å². The minimum absolute atomic E-state index is 0.0526. The lowest BCUT2D eigenvalue weighted by atomic mass is 10.2. The number of nitrogens with one attached hydrogen (secondary N) is 1. The molecule has 27 heavy (non-hydrogen) atoms. The highest BCUT2D eigenvalue weighted by molar-refractivity contribution is 7.13. The second kappa shape index (κ2) is 8.49. The zero-order valence-electron chi connectivity index (χ0n) is 14.3. The molecule has 0 bridgehead atoms. The molecule has 0 aliphatic heterocycles. The molecule has 140 valence electrons. The number of hydrogen-bond acceptors (Lipinski definition) is 8. The highest BCUT2D eigenvalue weighted by Crippen LogP contribution is 2.18. The van der Waals surface area contributed by atoms with E-state index in [0.29, 0.717) is 28.1 Å². The molecule has 0 saturated carbocycles. The molecule has 1 aromatic carbocycles. The maximum absolute atomic E-state index is 12.9. The summed E-state index contributed by atoms with van der Waals surface area (Å²) in [6.07, 6.45) is 0.425. The van der Waals surface area contributed by atoms with Gasteiger partial charge in [-0.2, -0.15) is 4.98 Å². The summed E-state index contributed by atoms with van der Waals surface area (Å²) in [5.74, 6) is -0.383. The van der Waals surface area contributed by atoms with Crippen LogP contribution in [0.15, 0.2) is 34.2 Å². The van der Waals surface area contributed by atoms with Gasteiger partial charge in [0.2, 0.25) is 17.6 Å². The summed E-state index contributed by atoms with van der Waals surface area (Å²) in [5, 5.41) is 8.56. The monoisotopic (exact) mass is 390 g/mol. The van der Waals surface area contributed by atoms with Crippen molar-refractivity contribution in [2.75, 3.05) is 12.4 Å². The number of halogens is 1. The minimum Gasteiger partial charge on any atom is -0.469 e. The standard InChI is InChI=1S/C17H15FN4O4S/c1-25-15(24)8-12-9-27-17(19-12)20-13(23)6-7-14-21-16(22-26-14)10-2-4-11(18)5-3-10/h2-5,9H,6-8H2,1H3,(H,19,20,23). The van der Waals surface area contributed by atoms with Crippen LogP contribution in [0.25, 0.3) is 11.4 Å². The fourth-order valence-corrected chi connectivity index (χ4v) is 2.87. The van der Waals surface area contributed by atoms with Crippen molar-refractivity contribution in [1.82, 2.24) is 15.1 Å². The third kappa shape index (κ3) is 5.17. The number of thiazole rings is 1. The fourth-order valence-electron chi connectivity index (χ4n) is 2.14. The minimum atomic E-state index is -0.397. The van der Waals surface area contributed by atoms with Gasteiger partial charge in [-0.15, -0.1) is 11.3 Å². The third-order valence-electron chi connectivity index (χ3n) is 3.49. The molecule has 1 N–H and O–H groups in total. The van der Waals surface area contributed by atoms with Crippen LogP contribution in [0.1, 0.15) is 18.0 Å². The van der Waals surface area contributed by atoms with E-state index in [2.05, 4.69) is 25.2 Å². The maximum atomic E-state index is 12.9. The van der Waals surface area contributed by atoms with Gasteiger partial charge in [0, 0.05) is 23.8 Å².